The fourth-order valence-electron chi connectivity index (χ4n) is 0.824. The molecule has 0 amide bonds. The third kappa shape index (κ3) is 20.9. The molecular weight excluding hydrogens is 208 g/mol. The van der Waals surface area contributed by atoms with Crippen LogP contribution in [0.15, 0.2) is 24.3 Å². The van der Waals surface area contributed by atoms with Gasteiger partial charge in [-0.2, -0.15) is 0 Å². The molecule has 1 rings (SSSR count). The predicted octanol–water partition coefficient (Wildman–Crippen LogP) is 5.21. The molecule has 0 saturated heterocycles. The average Bonchev–Trinajstić information content (AvgIpc) is 2.34. The lowest BCUT2D eigenvalue weighted by Gasteiger charge is -1.94. The van der Waals surface area contributed by atoms with Crippen LogP contribution in [-0.2, 0) is 11.2 Å². The number of carbonyl (C=O) groups is 1. The predicted molar refractivity (Wildman–Crippen MR) is 79.6 cm³/mol. The normalized spacial score (nSPS) is 7.29. The summed E-state index contributed by atoms with van der Waals surface area (Å²) in [5, 5.41) is 0. The van der Waals surface area contributed by atoms with Crippen LogP contribution in [0.25, 0.3) is 0 Å². The van der Waals surface area contributed by atoms with Crippen molar-refractivity contribution in [2.45, 2.75) is 61.8 Å². The van der Waals surface area contributed by atoms with Crippen LogP contribution in [-0.4, -0.2) is 5.78 Å². The molecule has 0 aliphatic carbocycles. The van der Waals surface area contributed by atoms with E-state index in [0.29, 0.717) is 0 Å². The largest absolute Gasteiger partial charge is 0.300 e. The van der Waals surface area contributed by atoms with Gasteiger partial charge in [-0.1, -0.05) is 64.4 Å². The van der Waals surface area contributed by atoms with Gasteiger partial charge in [-0.05, 0) is 32.8 Å². The Morgan fingerprint density at radius 2 is 1.24 bits per heavy atom. The van der Waals surface area contributed by atoms with E-state index in [4.69, 9.17) is 0 Å². The average molecular weight is 238 g/mol. The van der Waals surface area contributed by atoms with E-state index in [0.717, 1.165) is 6.42 Å². The Bertz CT molecular complexity index is 243. The van der Waals surface area contributed by atoms with Gasteiger partial charge in [-0.15, -0.1) is 0 Å². The van der Waals surface area contributed by atoms with Gasteiger partial charge in [0.15, 0.2) is 0 Å². The van der Waals surface area contributed by atoms with Gasteiger partial charge in [0.25, 0.3) is 0 Å². The Labute approximate surface area is 108 Å². The summed E-state index contributed by atoms with van der Waals surface area (Å²) in [5.41, 5.74) is 2.76. The van der Waals surface area contributed by atoms with E-state index in [1.165, 1.54) is 25.0 Å². The summed E-state index contributed by atoms with van der Waals surface area (Å²) in [6.45, 7) is 15.3. The van der Waals surface area contributed by atoms with E-state index >= 15 is 0 Å². The number of benzene rings is 1. The number of aryl methyl sites for hydroxylation is 2. The highest BCUT2D eigenvalue weighted by Gasteiger charge is 1.84. The number of rotatable bonds is 1. The maximum absolute atomic E-state index is 9.44. The van der Waals surface area contributed by atoms with E-state index in [1.807, 2.05) is 27.7 Å². The van der Waals surface area contributed by atoms with Crippen LogP contribution in [0.1, 0.15) is 59.6 Å². The maximum atomic E-state index is 9.44. The van der Waals surface area contributed by atoms with E-state index < -0.39 is 0 Å². The van der Waals surface area contributed by atoms with Crippen molar-refractivity contribution in [1.29, 1.82) is 0 Å². The van der Waals surface area contributed by atoms with E-state index in [-0.39, 0.29) is 5.78 Å². The zero-order chi connectivity index (χ0) is 14.3. The van der Waals surface area contributed by atoms with Gasteiger partial charge in [-0.3, -0.25) is 0 Å². The molecule has 1 aromatic carbocycles. The highest BCUT2D eigenvalue weighted by atomic mass is 16.1. The SMILES string of the molecule is CC.CC.CC(C)=O.CCc1ccc(C)cc1. The van der Waals surface area contributed by atoms with Crippen molar-refractivity contribution in [3.05, 3.63) is 35.4 Å². The minimum absolute atomic E-state index is 0.167. The molecule has 0 bridgehead atoms. The van der Waals surface area contributed by atoms with Gasteiger partial charge in [0, 0.05) is 0 Å². The second-order valence-electron chi connectivity index (χ2n) is 3.25. The fourth-order valence-corrected chi connectivity index (χ4v) is 0.824. The second kappa shape index (κ2) is 17.3. The number of hydrogen-bond acceptors (Lipinski definition) is 1. The zero-order valence-corrected chi connectivity index (χ0v) is 12.9. The molecule has 0 unspecified atom stereocenters. The van der Waals surface area contributed by atoms with Gasteiger partial charge in [0.05, 0.1) is 0 Å². The molecule has 0 N–H and O–H groups in total. The van der Waals surface area contributed by atoms with Crippen LogP contribution in [0, 0.1) is 6.92 Å². The summed E-state index contributed by atoms with van der Waals surface area (Å²) < 4.78 is 0. The smallest absolute Gasteiger partial charge is 0.126 e. The van der Waals surface area contributed by atoms with Gasteiger partial charge < -0.3 is 4.79 Å². The first-order valence-corrected chi connectivity index (χ1v) is 6.59. The Hall–Kier alpha value is -1.11. The minimum Gasteiger partial charge on any atom is -0.300 e. The summed E-state index contributed by atoms with van der Waals surface area (Å²) in [7, 11) is 0. The lowest BCUT2D eigenvalue weighted by atomic mass is 10.1. The number of carbonyl (C=O) groups excluding carboxylic acids is 1. The van der Waals surface area contributed by atoms with Gasteiger partial charge in [0.2, 0.25) is 0 Å². The Balaban J connectivity index is -0.000000208. The molecule has 0 fully saturated rings. The molecule has 1 heteroatoms. The quantitative estimate of drug-likeness (QED) is 0.656. The molecule has 0 atom stereocenters. The molecular formula is C16H30O. The first-order valence-electron chi connectivity index (χ1n) is 6.59. The highest BCUT2D eigenvalue weighted by molar-refractivity contribution is 5.72. The van der Waals surface area contributed by atoms with Crippen LogP contribution in [0.4, 0.5) is 0 Å². The molecule has 1 aromatic rings. The van der Waals surface area contributed by atoms with Crippen molar-refractivity contribution in [3.8, 4) is 0 Å². The van der Waals surface area contributed by atoms with Crippen molar-refractivity contribution < 1.29 is 4.79 Å². The first kappa shape index (κ1) is 21.2. The van der Waals surface area contributed by atoms with Gasteiger partial charge in [-0.25, -0.2) is 0 Å². The van der Waals surface area contributed by atoms with Crippen LogP contribution >= 0.6 is 0 Å². The number of ketones is 1. The minimum atomic E-state index is 0.167. The van der Waals surface area contributed by atoms with Crippen LogP contribution in [0.5, 0.6) is 0 Å². The van der Waals surface area contributed by atoms with Gasteiger partial charge in [0.1, 0.15) is 5.78 Å². The van der Waals surface area contributed by atoms with Crippen LogP contribution in [0.2, 0.25) is 0 Å². The van der Waals surface area contributed by atoms with Crippen molar-refractivity contribution in [3.63, 3.8) is 0 Å². The summed E-state index contributed by atoms with van der Waals surface area (Å²) in [5.74, 6) is 0.167. The zero-order valence-electron chi connectivity index (χ0n) is 12.9. The first-order chi connectivity index (χ1) is 8.06. The van der Waals surface area contributed by atoms with Crippen molar-refractivity contribution in [2.75, 3.05) is 0 Å². The third-order valence-corrected chi connectivity index (χ3v) is 1.53. The molecule has 0 spiro atoms. The van der Waals surface area contributed by atoms with E-state index in [2.05, 4.69) is 38.1 Å². The van der Waals surface area contributed by atoms with Crippen molar-refractivity contribution in [1.82, 2.24) is 0 Å². The summed E-state index contributed by atoms with van der Waals surface area (Å²) in [6, 6.07) is 8.66. The van der Waals surface area contributed by atoms with Crippen molar-refractivity contribution >= 4 is 5.78 Å². The summed E-state index contributed by atoms with van der Waals surface area (Å²) in [4.78, 5) is 9.44. The number of hydrogen-bond donors (Lipinski definition) is 0. The molecule has 0 aromatic heterocycles. The molecule has 0 radical (unpaired) electrons. The Kier molecular flexibility index (Phi) is 21.6. The third-order valence-electron chi connectivity index (χ3n) is 1.53. The molecule has 0 heterocycles. The van der Waals surface area contributed by atoms with E-state index in [9.17, 15) is 4.79 Å². The molecule has 0 aliphatic heterocycles. The Morgan fingerprint density at radius 3 is 1.47 bits per heavy atom. The molecule has 17 heavy (non-hydrogen) atoms. The van der Waals surface area contributed by atoms with Crippen molar-refractivity contribution in [2.24, 2.45) is 0 Å². The monoisotopic (exact) mass is 238 g/mol. The fraction of sp³-hybridized carbons (Fsp3) is 0.562. The van der Waals surface area contributed by atoms with Crippen LogP contribution < -0.4 is 0 Å². The number of Topliss-reactive ketones (excluding diaryl/α,β-unsaturated/α-hetero) is 1. The lowest BCUT2D eigenvalue weighted by molar-refractivity contribution is -0.114. The lowest BCUT2D eigenvalue weighted by Crippen LogP contribution is -1.77. The summed E-state index contributed by atoms with van der Waals surface area (Å²) in [6.07, 6.45) is 1.14. The maximum Gasteiger partial charge on any atom is 0.126 e. The van der Waals surface area contributed by atoms with Gasteiger partial charge >= 0.3 is 0 Å². The molecule has 100 valence electrons. The standard InChI is InChI=1S/C9H12.C3H6O.2C2H6/c1-3-9-6-4-8(2)5-7-9;1-3(2)4;2*1-2/h4-7H,3H2,1-2H3;1-2H3;2*1-2H3. The Morgan fingerprint density at radius 1 is 0.941 bits per heavy atom. The van der Waals surface area contributed by atoms with E-state index in [1.54, 1.807) is 0 Å². The van der Waals surface area contributed by atoms with Crippen LogP contribution in [0.3, 0.4) is 0 Å². The second-order valence-corrected chi connectivity index (χ2v) is 3.25. The molecule has 0 saturated carbocycles. The highest BCUT2D eigenvalue weighted by Crippen LogP contribution is 2.02. The molecule has 0 aliphatic rings. The summed E-state index contributed by atoms with van der Waals surface area (Å²) >= 11 is 0. The molecule has 1 nitrogen and oxygen atoms in total. The topological polar surface area (TPSA) is 17.1 Å².